The Kier molecular flexibility index (Phi) is 7.02. The first-order valence-corrected chi connectivity index (χ1v) is 11.0. The highest BCUT2D eigenvalue weighted by Gasteiger charge is 2.27. The lowest BCUT2D eigenvalue weighted by molar-refractivity contribution is -0.136. The van der Waals surface area contributed by atoms with Gasteiger partial charge in [-0.1, -0.05) is 42.5 Å². The van der Waals surface area contributed by atoms with Gasteiger partial charge in [0.05, 0.1) is 24.9 Å². The van der Waals surface area contributed by atoms with Crippen LogP contribution in [0.5, 0.6) is 5.75 Å². The SMILES string of the molecule is COc1ccc(CC(=O)O)cc1CCN[C@H](c1ccccc1)[C@H]1CNc2cccnc2C1. The smallest absolute Gasteiger partial charge is 0.307 e. The molecule has 1 aliphatic rings. The quantitative estimate of drug-likeness (QED) is 0.477. The predicted octanol–water partition coefficient (Wildman–Crippen LogP) is 3.88. The maximum Gasteiger partial charge on any atom is 0.307 e. The number of hydrogen-bond donors (Lipinski definition) is 3. The maximum atomic E-state index is 11.1. The summed E-state index contributed by atoms with van der Waals surface area (Å²) in [5, 5.41) is 16.4. The molecule has 32 heavy (non-hydrogen) atoms. The van der Waals surface area contributed by atoms with Crippen molar-refractivity contribution in [3.05, 3.63) is 89.2 Å². The van der Waals surface area contributed by atoms with E-state index in [0.717, 1.165) is 54.2 Å². The van der Waals surface area contributed by atoms with E-state index in [1.807, 2.05) is 36.5 Å². The molecule has 0 saturated heterocycles. The molecule has 2 aromatic carbocycles. The van der Waals surface area contributed by atoms with Crippen LogP contribution in [-0.4, -0.2) is 36.3 Å². The lowest BCUT2D eigenvalue weighted by Gasteiger charge is -2.33. The molecule has 0 spiro atoms. The Balaban J connectivity index is 1.49. The number of fused-ring (bicyclic) bond motifs is 1. The third-order valence-electron chi connectivity index (χ3n) is 5.99. The molecule has 1 aliphatic heterocycles. The van der Waals surface area contributed by atoms with Gasteiger partial charge < -0.3 is 20.5 Å². The number of nitrogens with zero attached hydrogens (tertiary/aromatic N) is 1. The molecular formula is C26H29N3O3. The molecule has 0 bridgehead atoms. The van der Waals surface area contributed by atoms with Gasteiger partial charge in [-0.05, 0) is 54.3 Å². The van der Waals surface area contributed by atoms with Gasteiger partial charge in [0.2, 0.25) is 0 Å². The Morgan fingerprint density at radius 1 is 1.22 bits per heavy atom. The number of carbonyl (C=O) groups is 1. The highest BCUT2D eigenvalue weighted by molar-refractivity contribution is 5.70. The van der Waals surface area contributed by atoms with E-state index in [9.17, 15) is 4.79 Å². The van der Waals surface area contributed by atoms with Crippen molar-refractivity contribution < 1.29 is 14.6 Å². The van der Waals surface area contributed by atoms with Gasteiger partial charge in [0, 0.05) is 24.7 Å². The summed E-state index contributed by atoms with van der Waals surface area (Å²) in [6.45, 7) is 1.63. The first kappa shape index (κ1) is 21.8. The number of aromatic nitrogens is 1. The molecule has 6 heteroatoms. The van der Waals surface area contributed by atoms with Gasteiger partial charge in [0.25, 0.3) is 0 Å². The Bertz CT molecular complexity index is 1060. The van der Waals surface area contributed by atoms with E-state index in [1.165, 1.54) is 5.56 Å². The zero-order chi connectivity index (χ0) is 22.3. The summed E-state index contributed by atoms with van der Waals surface area (Å²) < 4.78 is 5.51. The van der Waals surface area contributed by atoms with Gasteiger partial charge in [-0.3, -0.25) is 9.78 Å². The summed E-state index contributed by atoms with van der Waals surface area (Å²) in [7, 11) is 1.65. The number of ether oxygens (including phenoxy) is 1. The summed E-state index contributed by atoms with van der Waals surface area (Å²) in [5.74, 6) is 0.316. The minimum absolute atomic E-state index is 0.0111. The Hall–Kier alpha value is -3.38. The molecule has 0 saturated carbocycles. The molecule has 6 nitrogen and oxygen atoms in total. The Labute approximate surface area is 188 Å². The molecule has 0 fully saturated rings. The van der Waals surface area contributed by atoms with Gasteiger partial charge in [-0.2, -0.15) is 0 Å². The van der Waals surface area contributed by atoms with E-state index in [1.54, 1.807) is 7.11 Å². The molecule has 166 valence electrons. The molecule has 3 N–H and O–H groups in total. The van der Waals surface area contributed by atoms with Crippen LogP contribution in [0.2, 0.25) is 0 Å². The molecule has 0 unspecified atom stereocenters. The van der Waals surface area contributed by atoms with Gasteiger partial charge in [-0.25, -0.2) is 0 Å². The van der Waals surface area contributed by atoms with Crippen molar-refractivity contribution in [2.45, 2.75) is 25.3 Å². The number of hydrogen-bond acceptors (Lipinski definition) is 5. The first-order chi connectivity index (χ1) is 15.6. The zero-order valence-corrected chi connectivity index (χ0v) is 18.3. The number of pyridine rings is 1. The second-order valence-corrected chi connectivity index (χ2v) is 8.15. The normalized spacial score (nSPS) is 16.0. The standard InChI is InChI=1S/C26H29N3O3/c1-32-24-10-9-18(15-25(30)31)14-20(24)11-13-28-26(19-6-3-2-4-7-19)21-16-23-22(29-17-21)8-5-12-27-23/h2-10,12,14,21,26,28-29H,11,13,15-17H2,1H3,(H,30,31)/t21-,26-/m1/s1. The van der Waals surface area contributed by atoms with Crippen LogP contribution >= 0.6 is 0 Å². The monoisotopic (exact) mass is 431 g/mol. The fourth-order valence-electron chi connectivity index (χ4n) is 4.45. The van der Waals surface area contributed by atoms with Crippen LogP contribution in [0.15, 0.2) is 66.9 Å². The fourth-order valence-corrected chi connectivity index (χ4v) is 4.45. The number of benzene rings is 2. The second-order valence-electron chi connectivity index (χ2n) is 8.15. The highest BCUT2D eigenvalue weighted by Crippen LogP contribution is 2.31. The van der Waals surface area contributed by atoms with Crippen LogP contribution in [0.25, 0.3) is 0 Å². The molecule has 3 aromatic rings. The molecule has 0 amide bonds. The van der Waals surface area contributed by atoms with Crippen molar-refractivity contribution in [1.29, 1.82) is 0 Å². The van der Waals surface area contributed by atoms with Crippen LogP contribution in [0.3, 0.4) is 0 Å². The topological polar surface area (TPSA) is 83.5 Å². The predicted molar refractivity (Wildman–Crippen MR) is 125 cm³/mol. The van der Waals surface area contributed by atoms with Crippen LogP contribution in [0, 0.1) is 5.92 Å². The molecule has 0 aliphatic carbocycles. The third kappa shape index (κ3) is 5.26. The number of rotatable bonds is 9. The number of carboxylic acids is 1. The number of aliphatic carboxylic acids is 1. The van der Waals surface area contributed by atoms with Crippen LogP contribution in [-0.2, 0) is 24.1 Å². The molecule has 2 heterocycles. The molecule has 1 aromatic heterocycles. The second kappa shape index (κ2) is 10.3. The van der Waals surface area contributed by atoms with Crippen molar-refractivity contribution in [2.24, 2.45) is 5.92 Å². The summed E-state index contributed by atoms with van der Waals surface area (Å²) in [5.41, 5.74) is 5.28. The Morgan fingerprint density at radius 3 is 2.84 bits per heavy atom. The summed E-state index contributed by atoms with van der Waals surface area (Å²) in [6.07, 6.45) is 3.52. The lowest BCUT2D eigenvalue weighted by atomic mass is 9.86. The van der Waals surface area contributed by atoms with E-state index in [0.29, 0.717) is 5.92 Å². The molecular weight excluding hydrogens is 402 g/mol. The van der Waals surface area contributed by atoms with Gasteiger partial charge in [0.15, 0.2) is 0 Å². The summed E-state index contributed by atoms with van der Waals surface area (Å²) >= 11 is 0. The van der Waals surface area contributed by atoms with Crippen LogP contribution in [0.4, 0.5) is 5.69 Å². The van der Waals surface area contributed by atoms with Crippen LogP contribution < -0.4 is 15.4 Å². The minimum Gasteiger partial charge on any atom is -0.496 e. The minimum atomic E-state index is -0.831. The van der Waals surface area contributed by atoms with Crippen molar-refractivity contribution in [2.75, 3.05) is 25.5 Å². The molecule has 4 rings (SSSR count). The van der Waals surface area contributed by atoms with Crippen molar-refractivity contribution >= 4 is 11.7 Å². The van der Waals surface area contributed by atoms with Gasteiger partial charge in [-0.15, -0.1) is 0 Å². The fraction of sp³-hybridized carbons (Fsp3) is 0.308. The van der Waals surface area contributed by atoms with Crippen LogP contribution in [0.1, 0.15) is 28.4 Å². The van der Waals surface area contributed by atoms with Crippen molar-refractivity contribution in [3.63, 3.8) is 0 Å². The number of nitrogens with one attached hydrogen (secondary N) is 2. The third-order valence-corrected chi connectivity index (χ3v) is 5.99. The number of anilines is 1. The van der Waals surface area contributed by atoms with Gasteiger partial charge >= 0.3 is 5.97 Å². The summed E-state index contributed by atoms with van der Waals surface area (Å²) in [4.78, 5) is 15.7. The first-order valence-electron chi connectivity index (χ1n) is 11.0. The van der Waals surface area contributed by atoms with E-state index >= 15 is 0 Å². The lowest BCUT2D eigenvalue weighted by Crippen LogP contribution is -2.37. The molecule has 0 radical (unpaired) electrons. The highest BCUT2D eigenvalue weighted by atomic mass is 16.5. The average Bonchev–Trinajstić information content (AvgIpc) is 2.82. The number of carboxylic acid groups (broad SMARTS) is 1. The summed E-state index contributed by atoms with van der Waals surface area (Å²) in [6, 6.07) is 20.3. The van der Waals surface area contributed by atoms with Gasteiger partial charge in [0.1, 0.15) is 5.75 Å². The van der Waals surface area contributed by atoms with E-state index in [2.05, 4.69) is 45.9 Å². The van der Waals surface area contributed by atoms with E-state index in [4.69, 9.17) is 9.84 Å². The van der Waals surface area contributed by atoms with Crippen molar-refractivity contribution in [1.82, 2.24) is 10.3 Å². The largest absolute Gasteiger partial charge is 0.496 e. The average molecular weight is 432 g/mol. The maximum absolute atomic E-state index is 11.1. The van der Waals surface area contributed by atoms with E-state index < -0.39 is 5.97 Å². The molecule has 2 atom stereocenters. The van der Waals surface area contributed by atoms with Crippen molar-refractivity contribution in [3.8, 4) is 5.75 Å². The van der Waals surface area contributed by atoms with E-state index in [-0.39, 0.29) is 12.5 Å². The Morgan fingerprint density at radius 2 is 2.06 bits per heavy atom. The zero-order valence-electron chi connectivity index (χ0n) is 18.3. The number of methoxy groups -OCH3 is 1.